The van der Waals surface area contributed by atoms with Crippen LogP contribution in [-0.2, 0) is 4.74 Å². The van der Waals surface area contributed by atoms with E-state index in [1.54, 1.807) is 0 Å². The van der Waals surface area contributed by atoms with Gasteiger partial charge in [-0.05, 0) is 6.07 Å². The molecule has 0 saturated carbocycles. The Hall–Kier alpha value is -1.45. The summed E-state index contributed by atoms with van der Waals surface area (Å²) in [5.74, 6) is -0.541. The van der Waals surface area contributed by atoms with Gasteiger partial charge < -0.3 is 19.9 Å². The van der Waals surface area contributed by atoms with Crippen LogP contribution in [0.2, 0.25) is 0 Å². The van der Waals surface area contributed by atoms with Crippen LogP contribution in [0.25, 0.3) is 0 Å². The molecule has 1 heterocycles. The first kappa shape index (κ1) is 17.9. The number of alkyl halides is 5. The smallest absolute Gasteiger partial charge is 0.408 e. The fraction of sp³-hybridized carbons (Fsp3) is 0.571. The standard InChI is InChI=1S/C14H16F5NO3/c15-12(16)23-10-4-2-1-3-9(10)11(14(17,18)19)20-5-13(6-21)7-22-8-13/h1-4,11-12,20-21H,5-8H2. The molecule has 1 unspecified atom stereocenters. The monoisotopic (exact) mass is 341 g/mol. The summed E-state index contributed by atoms with van der Waals surface area (Å²) in [6, 6.07) is 2.55. The van der Waals surface area contributed by atoms with Crippen molar-refractivity contribution >= 4 is 0 Å². The third kappa shape index (κ3) is 4.30. The van der Waals surface area contributed by atoms with Gasteiger partial charge in [-0.1, -0.05) is 18.2 Å². The Balaban J connectivity index is 2.22. The predicted molar refractivity (Wildman–Crippen MR) is 70.2 cm³/mol. The number of halogens is 5. The SMILES string of the molecule is OCC1(CNC(c2ccccc2OC(F)F)C(F)(F)F)COC1. The Morgan fingerprint density at radius 3 is 2.39 bits per heavy atom. The van der Waals surface area contributed by atoms with Crippen LogP contribution in [0.1, 0.15) is 11.6 Å². The first-order chi connectivity index (χ1) is 10.8. The van der Waals surface area contributed by atoms with Gasteiger partial charge >= 0.3 is 12.8 Å². The van der Waals surface area contributed by atoms with E-state index in [0.29, 0.717) is 0 Å². The van der Waals surface area contributed by atoms with Crippen molar-refractivity contribution in [3.05, 3.63) is 29.8 Å². The molecule has 130 valence electrons. The lowest BCUT2D eigenvalue weighted by atomic mass is 9.86. The molecule has 1 aliphatic heterocycles. The van der Waals surface area contributed by atoms with Gasteiger partial charge in [0.15, 0.2) is 0 Å². The zero-order valence-electron chi connectivity index (χ0n) is 11.9. The summed E-state index contributed by atoms with van der Waals surface area (Å²) in [5.41, 5.74) is -1.23. The van der Waals surface area contributed by atoms with Crippen molar-refractivity contribution in [2.75, 3.05) is 26.4 Å². The number of ether oxygens (including phenoxy) is 2. The van der Waals surface area contributed by atoms with Gasteiger partial charge in [0, 0.05) is 12.1 Å². The largest absolute Gasteiger partial charge is 0.434 e. The fourth-order valence-electron chi connectivity index (χ4n) is 2.28. The van der Waals surface area contributed by atoms with Crippen LogP contribution >= 0.6 is 0 Å². The molecule has 1 aromatic carbocycles. The number of aliphatic hydroxyl groups excluding tert-OH is 1. The average molecular weight is 341 g/mol. The van der Waals surface area contributed by atoms with Crippen molar-refractivity contribution in [1.82, 2.24) is 5.32 Å². The van der Waals surface area contributed by atoms with Gasteiger partial charge in [-0.2, -0.15) is 22.0 Å². The molecule has 0 spiro atoms. The number of aliphatic hydroxyl groups is 1. The van der Waals surface area contributed by atoms with Crippen molar-refractivity contribution < 1.29 is 36.5 Å². The molecular formula is C14H16F5NO3. The molecule has 0 bridgehead atoms. The average Bonchev–Trinajstić information content (AvgIpc) is 2.41. The Bertz CT molecular complexity index is 514. The van der Waals surface area contributed by atoms with Crippen molar-refractivity contribution in [3.8, 4) is 5.75 Å². The van der Waals surface area contributed by atoms with E-state index in [-0.39, 0.29) is 26.4 Å². The summed E-state index contributed by atoms with van der Waals surface area (Å²) in [6.07, 6.45) is -4.72. The maximum absolute atomic E-state index is 13.3. The highest BCUT2D eigenvalue weighted by Crippen LogP contribution is 2.38. The highest BCUT2D eigenvalue weighted by atomic mass is 19.4. The maximum Gasteiger partial charge on any atom is 0.408 e. The lowest BCUT2D eigenvalue weighted by Gasteiger charge is -2.41. The number of para-hydroxylation sites is 1. The second-order valence-corrected chi connectivity index (χ2v) is 5.42. The number of hydrogen-bond acceptors (Lipinski definition) is 4. The molecule has 0 aliphatic carbocycles. The minimum atomic E-state index is -4.72. The van der Waals surface area contributed by atoms with E-state index in [1.807, 2.05) is 0 Å². The van der Waals surface area contributed by atoms with Crippen LogP contribution in [0.4, 0.5) is 22.0 Å². The third-order valence-electron chi connectivity index (χ3n) is 3.61. The van der Waals surface area contributed by atoms with E-state index in [0.717, 1.165) is 12.1 Å². The zero-order chi connectivity index (χ0) is 17.1. The molecule has 1 fully saturated rings. The minimum Gasteiger partial charge on any atom is -0.434 e. The fourth-order valence-corrected chi connectivity index (χ4v) is 2.28. The molecule has 23 heavy (non-hydrogen) atoms. The number of rotatable bonds is 7. The lowest BCUT2D eigenvalue weighted by molar-refractivity contribution is -0.171. The second kappa shape index (κ2) is 6.98. The predicted octanol–water partition coefficient (Wildman–Crippen LogP) is 2.49. The van der Waals surface area contributed by atoms with Crippen molar-refractivity contribution in [1.29, 1.82) is 0 Å². The zero-order valence-corrected chi connectivity index (χ0v) is 11.9. The molecule has 2 N–H and O–H groups in total. The van der Waals surface area contributed by atoms with Crippen LogP contribution in [-0.4, -0.2) is 44.3 Å². The molecule has 4 nitrogen and oxygen atoms in total. The Morgan fingerprint density at radius 2 is 1.91 bits per heavy atom. The van der Waals surface area contributed by atoms with Crippen LogP contribution in [0.3, 0.4) is 0 Å². The maximum atomic E-state index is 13.3. The first-order valence-electron chi connectivity index (χ1n) is 6.80. The minimum absolute atomic E-state index is 0.135. The highest BCUT2D eigenvalue weighted by molar-refractivity contribution is 5.37. The van der Waals surface area contributed by atoms with Crippen molar-refractivity contribution in [3.63, 3.8) is 0 Å². The summed E-state index contributed by atoms with van der Waals surface area (Å²) in [6.45, 7) is -3.46. The van der Waals surface area contributed by atoms with Crippen LogP contribution in [0.5, 0.6) is 5.75 Å². The lowest BCUT2D eigenvalue weighted by Crippen LogP contribution is -2.54. The molecule has 0 radical (unpaired) electrons. The van der Waals surface area contributed by atoms with Gasteiger partial charge in [0.25, 0.3) is 0 Å². The molecular weight excluding hydrogens is 325 g/mol. The van der Waals surface area contributed by atoms with E-state index in [9.17, 15) is 27.1 Å². The number of benzene rings is 1. The Labute approximate surface area is 129 Å². The molecule has 1 aliphatic rings. The summed E-state index contributed by atoms with van der Waals surface area (Å²) >= 11 is 0. The van der Waals surface area contributed by atoms with E-state index < -0.39 is 35.6 Å². The highest BCUT2D eigenvalue weighted by Gasteiger charge is 2.45. The van der Waals surface area contributed by atoms with E-state index >= 15 is 0 Å². The number of nitrogens with one attached hydrogen (secondary N) is 1. The molecule has 0 amide bonds. The van der Waals surface area contributed by atoms with Crippen LogP contribution < -0.4 is 10.1 Å². The van der Waals surface area contributed by atoms with Crippen LogP contribution in [0.15, 0.2) is 24.3 Å². The van der Waals surface area contributed by atoms with Gasteiger partial charge in [0.05, 0.1) is 25.2 Å². The normalized spacial score (nSPS) is 18.6. The molecule has 1 saturated heterocycles. The number of hydrogen-bond donors (Lipinski definition) is 2. The summed E-state index contributed by atoms with van der Waals surface area (Å²) in [5, 5.41) is 11.6. The molecule has 1 aromatic rings. The summed E-state index contributed by atoms with van der Waals surface area (Å²) in [7, 11) is 0. The molecule has 0 aromatic heterocycles. The molecule has 2 rings (SSSR count). The quantitative estimate of drug-likeness (QED) is 0.748. The Morgan fingerprint density at radius 1 is 1.26 bits per heavy atom. The van der Waals surface area contributed by atoms with E-state index in [1.165, 1.54) is 12.1 Å². The van der Waals surface area contributed by atoms with Crippen molar-refractivity contribution in [2.24, 2.45) is 5.41 Å². The third-order valence-corrected chi connectivity index (χ3v) is 3.61. The summed E-state index contributed by atoms with van der Waals surface area (Å²) < 4.78 is 73.8. The first-order valence-corrected chi connectivity index (χ1v) is 6.80. The molecule has 1 atom stereocenters. The van der Waals surface area contributed by atoms with Gasteiger partial charge in [0.2, 0.25) is 0 Å². The molecule has 9 heteroatoms. The van der Waals surface area contributed by atoms with Gasteiger partial charge in [0.1, 0.15) is 11.8 Å². The topological polar surface area (TPSA) is 50.7 Å². The second-order valence-electron chi connectivity index (χ2n) is 5.42. The van der Waals surface area contributed by atoms with E-state index in [4.69, 9.17) is 4.74 Å². The van der Waals surface area contributed by atoms with Gasteiger partial charge in [-0.25, -0.2) is 0 Å². The Kier molecular flexibility index (Phi) is 5.43. The van der Waals surface area contributed by atoms with E-state index in [2.05, 4.69) is 10.1 Å². The van der Waals surface area contributed by atoms with Crippen LogP contribution in [0, 0.1) is 5.41 Å². The van der Waals surface area contributed by atoms with Gasteiger partial charge in [-0.3, -0.25) is 0 Å². The van der Waals surface area contributed by atoms with Gasteiger partial charge in [-0.15, -0.1) is 0 Å². The summed E-state index contributed by atoms with van der Waals surface area (Å²) in [4.78, 5) is 0. The van der Waals surface area contributed by atoms with Crippen molar-refractivity contribution in [2.45, 2.75) is 18.8 Å².